The SMILES string of the molecule is COc1cc2nc(N(C)CC3(c4ccccc4)CCN(Cc4ccccc4C)CC3)nc(N)c2cc1OC. The molecule has 1 aliphatic rings. The van der Waals surface area contributed by atoms with E-state index in [-0.39, 0.29) is 5.41 Å². The van der Waals surface area contributed by atoms with Gasteiger partial charge in [0.15, 0.2) is 11.5 Å². The van der Waals surface area contributed by atoms with Gasteiger partial charge in [-0.05, 0) is 55.6 Å². The number of methoxy groups -OCH3 is 2. The van der Waals surface area contributed by atoms with Crippen LogP contribution in [0.3, 0.4) is 0 Å². The minimum Gasteiger partial charge on any atom is -0.493 e. The number of nitrogens with zero attached hydrogens (tertiary/aromatic N) is 4. The molecule has 0 aliphatic carbocycles. The normalized spacial score (nSPS) is 15.4. The van der Waals surface area contributed by atoms with Crippen LogP contribution < -0.4 is 20.1 Å². The van der Waals surface area contributed by atoms with Crippen molar-refractivity contribution in [2.45, 2.75) is 31.7 Å². The second kappa shape index (κ2) is 10.9. The first-order chi connectivity index (χ1) is 18.4. The van der Waals surface area contributed by atoms with Gasteiger partial charge in [0.1, 0.15) is 5.82 Å². The van der Waals surface area contributed by atoms with E-state index in [1.807, 2.05) is 12.1 Å². The van der Waals surface area contributed by atoms with Gasteiger partial charge in [0.05, 0.1) is 19.7 Å². The number of rotatable bonds is 8. The van der Waals surface area contributed by atoms with Crippen LogP contribution in [-0.2, 0) is 12.0 Å². The number of piperidine rings is 1. The Morgan fingerprint density at radius 3 is 2.26 bits per heavy atom. The van der Waals surface area contributed by atoms with E-state index in [2.05, 4.69) is 83.4 Å². The summed E-state index contributed by atoms with van der Waals surface area (Å²) in [5.74, 6) is 2.27. The second-order valence-electron chi connectivity index (χ2n) is 10.3. The van der Waals surface area contributed by atoms with E-state index in [0.29, 0.717) is 23.3 Å². The molecular weight excluding hydrogens is 474 g/mol. The van der Waals surface area contributed by atoms with Crippen LogP contribution in [0, 0.1) is 6.92 Å². The third-order valence-electron chi connectivity index (χ3n) is 7.95. The largest absolute Gasteiger partial charge is 0.493 e. The lowest BCUT2D eigenvalue weighted by Crippen LogP contribution is -2.48. The Kier molecular flexibility index (Phi) is 7.38. The number of hydrogen-bond donors (Lipinski definition) is 1. The molecule has 7 heteroatoms. The molecule has 7 nitrogen and oxygen atoms in total. The number of benzene rings is 3. The van der Waals surface area contributed by atoms with Gasteiger partial charge in [-0.3, -0.25) is 4.90 Å². The molecule has 2 heterocycles. The fourth-order valence-electron chi connectivity index (χ4n) is 5.66. The second-order valence-corrected chi connectivity index (χ2v) is 10.3. The van der Waals surface area contributed by atoms with Crippen LogP contribution in [0.2, 0.25) is 0 Å². The standard InChI is InChI=1S/C31H37N5O2/c1-22-10-8-9-11-23(22)20-36-16-14-31(15-17-36,24-12-6-5-7-13-24)21-35(2)30-33-26-19-28(38-4)27(37-3)18-25(26)29(32)34-30/h5-13,18-19H,14-17,20-21H2,1-4H3,(H2,32,33,34). The van der Waals surface area contributed by atoms with Crippen molar-refractivity contribution in [2.75, 3.05) is 51.5 Å². The van der Waals surface area contributed by atoms with Gasteiger partial charge in [-0.2, -0.15) is 4.98 Å². The van der Waals surface area contributed by atoms with Crippen molar-refractivity contribution in [1.29, 1.82) is 0 Å². The first kappa shape index (κ1) is 25.8. The molecule has 1 aliphatic heterocycles. The van der Waals surface area contributed by atoms with Crippen LogP contribution in [0.25, 0.3) is 10.9 Å². The van der Waals surface area contributed by atoms with Crippen LogP contribution in [0.5, 0.6) is 11.5 Å². The molecule has 0 radical (unpaired) electrons. The Bertz CT molecular complexity index is 1400. The number of anilines is 2. The summed E-state index contributed by atoms with van der Waals surface area (Å²) in [5, 5.41) is 0.752. The van der Waals surface area contributed by atoms with Gasteiger partial charge in [0, 0.05) is 37.0 Å². The number of fused-ring (bicyclic) bond motifs is 1. The minimum absolute atomic E-state index is 0.0110. The molecule has 0 saturated carbocycles. The monoisotopic (exact) mass is 511 g/mol. The molecule has 1 aromatic heterocycles. The maximum absolute atomic E-state index is 6.41. The maximum Gasteiger partial charge on any atom is 0.227 e. The summed E-state index contributed by atoms with van der Waals surface area (Å²) in [6.45, 7) is 6.06. The lowest BCUT2D eigenvalue weighted by Gasteiger charge is -2.44. The first-order valence-corrected chi connectivity index (χ1v) is 13.2. The van der Waals surface area contributed by atoms with Crippen molar-refractivity contribution in [2.24, 2.45) is 0 Å². The highest BCUT2D eigenvalue weighted by atomic mass is 16.5. The van der Waals surface area contributed by atoms with Crippen molar-refractivity contribution in [3.8, 4) is 11.5 Å². The molecule has 1 fully saturated rings. The van der Waals surface area contributed by atoms with E-state index in [4.69, 9.17) is 20.2 Å². The van der Waals surface area contributed by atoms with E-state index in [0.717, 1.165) is 49.9 Å². The third kappa shape index (κ3) is 5.11. The van der Waals surface area contributed by atoms with Gasteiger partial charge >= 0.3 is 0 Å². The van der Waals surface area contributed by atoms with Crippen LogP contribution >= 0.6 is 0 Å². The highest BCUT2D eigenvalue weighted by Crippen LogP contribution is 2.38. The predicted octanol–water partition coefficient (Wildman–Crippen LogP) is 5.21. The van der Waals surface area contributed by atoms with Crippen molar-refractivity contribution in [3.05, 3.63) is 83.4 Å². The average molecular weight is 512 g/mol. The van der Waals surface area contributed by atoms with Crippen LogP contribution in [0.1, 0.15) is 29.5 Å². The highest BCUT2D eigenvalue weighted by Gasteiger charge is 2.38. The zero-order valence-electron chi connectivity index (χ0n) is 22.8. The van der Waals surface area contributed by atoms with Gasteiger partial charge in [0.25, 0.3) is 0 Å². The molecule has 1 saturated heterocycles. The van der Waals surface area contributed by atoms with Gasteiger partial charge in [-0.25, -0.2) is 4.98 Å². The highest BCUT2D eigenvalue weighted by molar-refractivity contribution is 5.91. The Hall–Kier alpha value is -3.84. The number of nitrogen functional groups attached to an aromatic ring is 1. The van der Waals surface area contributed by atoms with Crippen LogP contribution in [0.15, 0.2) is 66.7 Å². The third-order valence-corrected chi connectivity index (χ3v) is 7.95. The molecule has 3 aromatic carbocycles. The summed E-state index contributed by atoms with van der Waals surface area (Å²) in [7, 11) is 5.29. The zero-order chi connectivity index (χ0) is 26.7. The number of hydrogen-bond acceptors (Lipinski definition) is 7. The van der Waals surface area contributed by atoms with E-state index >= 15 is 0 Å². The number of nitrogens with two attached hydrogens (primary N) is 1. The quantitative estimate of drug-likeness (QED) is 0.348. The van der Waals surface area contributed by atoms with E-state index in [9.17, 15) is 0 Å². The number of ether oxygens (including phenoxy) is 2. The van der Waals surface area contributed by atoms with E-state index in [1.165, 1.54) is 16.7 Å². The summed E-state index contributed by atoms with van der Waals surface area (Å²) >= 11 is 0. The molecular formula is C31H37N5O2. The summed E-state index contributed by atoms with van der Waals surface area (Å²) in [6.07, 6.45) is 2.11. The lowest BCUT2D eigenvalue weighted by molar-refractivity contribution is 0.154. The molecule has 0 amide bonds. The van der Waals surface area contributed by atoms with Gasteiger partial charge in [0.2, 0.25) is 5.95 Å². The van der Waals surface area contributed by atoms with Gasteiger partial charge in [-0.1, -0.05) is 54.6 Å². The first-order valence-electron chi connectivity index (χ1n) is 13.2. The molecule has 0 atom stereocenters. The Labute approximate surface area is 225 Å². The molecule has 0 bridgehead atoms. The number of aryl methyl sites for hydroxylation is 1. The fraction of sp³-hybridized carbons (Fsp3) is 0.355. The molecule has 4 aromatic rings. The van der Waals surface area contributed by atoms with Crippen molar-refractivity contribution in [1.82, 2.24) is 14.9 Å². The average Bonchev–Trinajstić information content (AvgIpc) is 2.95. The van der Waals surface area contributed by atoms with Gasteiger partial charge in [-0.15, -0.1) is 0 Å². The molecule has 0 spiro atoms. The summed E-state index contributed by atoms with van der Waals surface area (Å²) < 4.78 is 10.9. The number of likely N-dealkylation sites (N-methyl/N-ethyl adjacent to an activating group) is 1. The lowest BCUT2D eigenvalue weighted by atomic mass is 9.72. The number of aromatic nitrogens is 2. The summed E-state index contributed by atoms with van der Waals surface area (Å²) in [4.78, 5) is 14.3. The Morgan fingerprint density at radius 2 is 1.58 bits per heavy atom. The topological polar surface area (TPSA) is 76.7 Å². The molecule has 5 rings (SSSR count). The van der Waals surface area contributed by atoms with Crippen molar-refractivity contribution >= 4 is 22.7 Å². The molecule has 38 heavy (non-hydrogen) atoms. The minimum atomic E-state index is -0.0110. The zero-order valence-corrected chi connectivity index (χ0v) is 22.8. The van der Waals surface area contributed by atoms with E-state index in [1.54, 1.807) is 14.2 Å². The molecule has 2 N–H and O–H groups in total. The molecule has 0 unspecified atom stereocenters. The summed E-state index contributed by atoms with van der Waals surface area (Å²) in [6, 6.07) is 23.3. The van der Waals surface area contributed by atoms with Crippen LogP contribution in [0.4, 0.5) is 11.8 Å². The Balaban J connectivity index is 1.41. The summed E-state index contributed by atoms with van der Waals surface area (Å²) in [5.41, 5.74) is 11.3. The number of likely N-dealkylation sites (tertiary alicyclic amines) is 1. The Morgan fingerprint density at radius 1 is 0.921 bits per heavy atom. The van der Waals surface area contributed by atoms with Crippen molar-refractivity contribution < 1.29 is 9.47 Å². The molecule has 198 valence electrons. The predicted molar refractivity (Wildman–Crippen MR) is 154 cm³/mol. The van der Waals surface area contributed by atoms with Crippen molar-refractivity contribution in [3.63, 3.8) is 0 Å². The van der Waals surface area contributed by atoms with E-state index < -0.39 is 0 Å². The van der Waals surface area contributed by atoms with Crippen LogP contribution in [-0.4, -0.2) is 55.8 Å². The smallest absolute Gasteiger partial charge is 0.227 e. The van der Waals surface area contributed by atoms with Gasteiger partial charge < -0.3 is 20.1 Å². The fourth-order valence-corrected chi connectivity index (χ4v) is 5.66. The maximum atomic E-state index is 6.41.